The van der Waals surface area contributed by atoms with Gasteiger partial charge in [-0.15, -0.1) is 0 Å². The molecule has 0 aliphatic heterocycles. The summed E-state index contributed by atoms with van der Waals surface area (Å²) in [6.45, 7) is 8.25. The van der Waals surface area contributed by atoms with Gasteiger partial charge < -0.3 is 10.2 Å². The predicted octanol–water partition coefficient (Wildman–Crippen LogP) is 5.14. The van der Waals surface area contributed by atoms with Crippen molar-refractivity contribution < 1.29 is 10.2 Å². The van der Waals surface area contributed by atoms with Gasteiger partial charge in [0.1, 0.15) is 0 Å². The molecule has 0 aromatic heterocycles. The molecule has 3 nitrogen and oxygen atoms in total. The van der Waals surface area contributed by atoms with Crippen molar-refractivity contribution in [2.24, 2.45) is 0 Å². The molecule has 0 saturated carbocycles. The van der Waals surface area contributed by atoms with Crippen LogP contribution in [-0.2, 0) is 0 Å². The largest absolute Gasteiger partial charge is 0.392 e. The highest BCUT2D eigenvalue weighted by molar-refractivity contribution is 4.64. The molecule has 146 valence electrons. The maximum absolute atomic E-state index is 9.52. The Balaban J connectivity index is 3.36. The molecule has 0 rings (SSSR count). The summed E-state index contributed by atoms with van der Waals surface area (Å²) in [5.41, 5.74) is 0. The molecule has 3 heteroatoms. The van der Waals surface area contributed by atoms with Crippen molar-refractivity contribution in [3.63, 3.8) is 0 Å². The Labute approximate surface area is 151 Å². The number of unbranched alkanes of at least 4 members (excludes halogenated alkanes) is 12. The Kier molecular flexibility index (Phi) is 17.6. The minimum absolute atomic E-state index is 0.314. The molecule has 0 amide bonds. The molecule has 0 radical (unpaired) electrons. The molecule has 0 aliphatic rings. The molecular formula is C21H45NO2. The van der Waals surface area contributed by atoms with E-state index in [1.807, 2.05) is 13.8 Å². The zero-order valence-electron chi connectivity index (χ0n) is 16.8. The van der Waals surface area contributed by atoms with E-state index >= 15 is 0 Å². The van der Waals surface area contributed by atoms with E-state index in [9.17, 15) is 10.2 Å². The van der Waals surface area contributed by atoms with Crippen LogP contribution in [-0.4, -0.2) is 47.0 Å². The first-order chi connectivity index (χ1) is 11.6. The first-order valence-corrected chi connectivity index (χ1v) is 10.6. The molecule has 0 heterocycles. The monoisotopic (exact) mass is 343 g/mol. The van der Waals surface area contributed by atoms with Crippen LogP contribution in [0, 0.1) is 0 Å². The highest BCUT2D eigenvalue weighted by atomic mass is 16.3. The topological polar surface area (TPSA) is 43.7 Å². The van der Waals surface area contributed by atoms with Crippen LogP contribution in [0.4, 0.5) is 0 Å². The van der Waals surface area contributed by atoms with Gasteiger partial charge in [0.2, 0.25) is 0 Å². The standard InChI is InChI=1S/C21H45NO2/c1-4-5-6-7-8-9-10-11-12-13-14-15-16-17-22(18-20(2)23)19-21(3)24/h20-21,23-24H,4-19H2,1-3H3. The lowest BCUT2D eigenvalue weighted by Crippen LogP contribution is -2.36. The summed E-state index contributed by atoms with van der Waals surface area (Å²) >= 11 is 0. The van der Waals surface area contributed by atoms with E-state index in [0.29, 0.717) is 13.1 Å². The van der Waals surface area contributed by atoms with Crippen molar-refractivity contribution in [2.75, 3.05) is 19.6 Å². The van der Waals surface area contributed by atoms with Crippen LogP contribution in [0.15, 0.2) is 0 Å². The molecule has 0 aromatic rings. The number of hydrogen-bond donors (Lipinski definition) is 2. The maximum atomic E-state index is 9.52. The lowest BCUT2D eigenvalue weighted by molar-refractivity contribution is 0.0825. The van der Waals surface area contributed by atoms with Crippen LogP contribution in [0.2, 0.25) is 0 Å². The molecular weight excluding hydrogens is 298 g/mol. The maximum Gasteiger partial charge on any atom is 0.0639 e. The summed E-state index contributed by atoms with van der Waals surface area (Å²) in [6, 6.07) is 0. The molecule has 0 bridgehead atoms. The van der Waals surface area contributed by atoms with Crippen LogP contribution in [0.3, 0.4) is 0 Å². The Morgan fingerprint density at radius 1 is 0.583 bits per heavy atom. The average Bonchev–Trinajstić information content (AvgIpc) is 2.50. The Bertz CT molecular complexity index is 234. The predicted molar refractivity (Wildman–Crippen MR) is 105 cm³/mol. The summed E-state index contributed by atoms with van der Waals surface area (Å²) in [5, 5.41) is 19.0. The third-order valence-electron chi connectivity index (χ3n) is 4.62. The summed E-state index contributed by atoms with van der Waals surface area (Å²) in [7, 11) is 0. The van der Waals surface area contributed by atoms with Gasteiger partial charge in [0, 0.05) is 13.1 Å². The number of rotatable bonds is 18. The van der Waals surface area contributed by atoms with Gasteiger partial charge >= 0.3 is 0 Å². The quantitative estimate of drug-likeness (QED) is 0.339. The van der Waals surface area contributed by atoms with Crippen molar-refractivity contribution in [3.05, 3.63) is 0 Å². The molecule has 0 saturated heterocycles. The minimum atomic E-state index is -0.314. The van der Waals surface area contributed by atoms with E-state index in [4.69, 9.17) is 0 Å². The van der Waals surface area contributed by atoms with E-state index in [1.165, 1.54) is 83.5 Å². The SMILES string of the molecule is CCCCCCCCCCCCCCCN(CC(C)O)CC(C)O. The minimum Gasteiger partial charge on any atom is -0.392 e. The van der Waals surface area contributed by atoms with Crippen LogP contribution >= 0.6 is 0 Å². The summed E-state index contributed by atoms with van der Waals surface area (Å²) in [4.78, 5) is 2.19. The van der Waals surface area contributed by atoms with E-state index in [-0.39, 0.29) is 12.2 Å². The Hall–Kier alpha value is -0.120. The van der Waals surface area contributed by atoms with E-state index in [1.54, 1.807) is 0 Å². The second-order valence-corrected chi connectivity index (χ2v) is 7.70. The Morgan fingerprint density at radius 3 is 1.25 bits per heavy atom. The van der Waals surface area contributed by atoms with Gasteiger partial charge in [-0.2, -0.15) is 0 Å². The zero-order valence-corrected chi connectivity index (χ0v) is 16.8. The Morgan fingerprint density at radius 2 is 0.917 bits per heavy atom. The first-order valence-electron chi connectivity index (χ1n) is 10.6. The van der Waals surface area contributed by atoms with Gasteiger partial charge in [0.05, 0.1) is 12.2 Å². The van der Waals surface area contributed by atoms with E-state index in [0.717, 1.165) is 6.54 Å². The highest BCUT2D eigenvalue weighted by Gasteiger charge is 2.10. The summed E-state index contributed by atoms with van der Waals surface area (Å²) < 4.78 is 0. The van der Waals surface area contributed by atoms with Crippen molar-refractivity contribution in [3.8, 4) is 0 Å². The van der Waals surface area contributed by atoms with Crippen LogP contribution < -0.4 is 0 Å². The van der Waals surface area contributed by atoms with Crippen molar-refractivity contribution in [1.82, 2.24) is 4.90 Å². The fourth-order valence-electron chi connectivity index (χ4n) is 3.36. The number of nitrogens with zero attached hydrogens (tertiary/aromatic N) is 1. The van der Waals surface area contributed by atoms with Crippen molar-refractivity contribution >= 4 is 0 Å². The third-order valence-corrected chi connectivity index (χ3v) is 4.62. The number of hydrogen-bond acceptors (Lipinski definition) is 3. The molecule has 0 fully saturated rings. The van der Waals surface area contributed by atoms with E-state index < -0.39 is 0 Å². The fraction of sp³-hybridized carbons (Fsp3) is 1.00. The fourth-order valence-corrected chi connectivity index (χ4v) is 3.36. The van der Waals surface area contributed by atoms with Gasteiger partial charge in [0.15, 0.2) is 0 Å². The van der Waals surface area contributed by atoms with E-state index in [2.05, 4.69) is 11.8 Å². The molecule has 2 N–H and O–H groups in total. The molecule has 0 spiro atoms. The zero-order chi connectivity index (χ0) is 18.0. The second kappa shape index (κ2) is 17.7. The first kappa shape index (κ1) is 23.9. The highest BCUT2D eigenvalue weighted by Crippen LogP contribution is 2.12. The smallest absolute Gasteiger partial charge is 0.0639 e. The van der Waals surface area contributed by atoms with Gasteiger partial charge in [0.25, 0.3) is 0 Å². The molecule has 2 unspecified atom stereocenters. The molecule has 24 heavy (non-hydrogen) atoms. The lowest BCUT2D eigenvalue weighted by Gasteiger charge is -2.24. The molecule has 0 aliphatic carbocycles. The van der Waals surface area contributed by atoms with Gasteiger partial charge in [-0.1, -0.05) is 84.0 Å². The average molecular weight is 344 g/mol. The third kappa shape index (κ3) is 18.2. The van der Waals surface area contributed by atoms with Gasteiger partial charge in [-0.25, -0.2) is 0 Å². The van der Waals surface area contributed by atoms with Crippen molar-refractivity contribution in [2.45, 2.75) is 116 Å². The molecule has 2 atom stereocenters. The summed E-state index contributed by atoms with van der Waals surface area (Å²) in [5.74, 6) is 0. The van der Waals surface area contributed by atoms with Crippen LogP contribution in [0.5, 0.6) is 0 Å². The normalized spacial score (nSPS) is 14.2. The summed E-state index contributed by atoms with van der Waals surface area (Å²) in [6.07, 6.45) is 17.2. The van der Waals surface area contributed by atoms with Crippen molar-refractivity contribution in [1.29, 1.82) is 0 Å². The lowest BCUT2D eigenvalue weighted by atomic mass is 10.0. The number of aliphatic hydroxyl groups excluding tert-OH is 2. The van der Waals surface area contributed by atoms with Gasteiger partial charge in [-0.3, -0.25) is 4.90 Å². The van der Waals surface area contributed by atoms with Crippen LogP contribution in [0.25, 0.3) is 0 Å². The second-order valence-electron chi connectivity index (χ2n) is 7.70. The molecule has 0 aromatic carbocycles. The van der Waals surface area contributed by atoms with Crippen LogP contribution in [0.1, 0.15) is 104 Å². The van der Waals surface area contributed by atoms with Gasteiger partial charge in [-0.05, 0) is 26.8 Å². The number of aliphatic hydroxyl groups is 2.